The van der Waals surface area contributed by atoms with Crippen molar-refractivity contribution in [3.05, 3.63) is 92.6 Å². The number of aromatic nitrogens is 1. The standard InChI is InChI=1S/C26H29N3O4S.2BrH/c1-33-23-8-3-2-7-19(23)15-28-14-18-6-4-5-17(13-18)11-12-27-16-22(31)20-9-10-21(30)24-25(20)34-26(32)29-24;;/h2-10,13,22,27-28,30-31H,11-12,14-16H2,1H3,(H,29,32);2*1H. The molecule has 36 heavy (non-hydrogen) atoms. The highest BCUT2D eigenvalue weighted by Gasteiger charge is 2.15. The molecule has 10 heteroatoms. The molecule has 0 fully saturated rings. The molecule has 194 valence electrons. The molecule has 0 amide bonds. The number of hydrogen-bond acceptors (Lipinski definition) is 7. The van der Waals surface area contributed by atoms with Crippen LogP contribution in [0, 0.1) is 0 Å². The molecule has 4 aromatic rings. The molecule has 1 unspecified atom stereocenters. The maximum atomic E-state index is 11.7. The van der Waals surface area contributed by atoms with Gasteiger partial charge in [-0.25, -0.2) is 0 Å². The Morgan fingerprint density at radius 2 is 1.78 bits per heavy atom. The van der Waals surface area contributed by atoms with E-state index >= 15 is 0 Å². The number of phenols is 1. The molecule has 1 atom stereocenters. The lowest BCUT2D eigenvalue weighted by Gasteiger charge is -2.14. The summed E-state index contributed by atoms with van der Waals surface area (Å²) in [6, 6.07) is 19.6. The number of hydrogen-bond donors (Lipinski definition) is 5. The number of rotatable bonds is 11. The molecular weight excluding hydrogens is 610 g/mol. The number of halogens is 2. The van der Waals surface area contributed by atoms with Crippen molar-refractivity contribution < 1.29 is 14.9 Å². The van der Waals surface area contributed by atoms with Crippen molar-refractivity contribution in [2.45, 2.75) is 25.6 Å². The van der Waals surface area contributed by atoms with Crippen LogP contribution in [0.1, 0.15) is 28.4 Å². The lowest BCUT2D eigenvalue weighted by molar-refractivity contribution is 0.176. The first-order valence-electron chi connectivity index (χ1n) is 11.2. The molecule has 0 bridgehead atoms. The largest absolute Gasteiger partial charge is 0.506 e. The molecule has 1 aromatic heterocycles. The van der Waals surface area contributed by atoms with Crippen LogP contribution in [0.25, 0.3) is 10.2 Å². The number of fused-ring (bicyclic) bond motifs is 1. The maximum absolute atomic E-state index is 11.7. The van der Waals surface area contributed by atoms with Crippen LogP contribution in [-0.4, -0.2) is 35.4 Å². The number of ether oxygens (including phenoxy) is 1. The predicted octanol–water partition coefficient (Wildman–Crippen LogP) is 4.62. The van der Waals surface area contributed by atoms with Gasteiger partial charge in [0.2, 0.25) is 0 Å². The summed E-state index contributed by atoms with van der Waals surface area (Å²) < 4.78 is 5.99. The highest BCUT2D eigenvalue weighted by Crippen LogP contribution is 2.31. The van der Waals surface area contributed by atoms with Gasteiger partial charge in [0.25, 0.3) is 0 Å². The fourth-order valence-corrected chi connectivity index (χ4v) is 4.89. The molecule has 1 heterocycles. The quantitative estimate of drug-likeness (QED) is 0.153. The van der Waals surface area contributed by atoms with Crippen LogP contribution in [0.5, 0.6) is 11.5 Å². The van der Waals surface area contributed by atoms with Crippen molar-refractivity contribution in [3.8, 4) is 11.5 Å². The third-order valence-corrected chi connectivity index (χ3v) is 6.64. The molecular formula is C26H31Br2N3O4S. The first-order chi connectivity index (χ1) is 16.5. The number of phenolic OH excluding ortho intramolecular Hbond substituents is 1. The number of H-pyrrole nitrogens is 1. The summed E-state index contributed by atoms with van der Waals surface area (Å²) in [7, 11) is 1.68. The third kappa shape index (κ3) is 7.64. The summed E-state index contributed by atoms with van der Waals surface area (Å²) in [5.41, 5.74) is 4.56. The van der Waals surface area contributed by atoms with Crippen LogP contribution >= 0.6 is 45.3 Å². The van der Waals surface area contributed by atoms with Gasteiger partial charge in [-0.15, -0.1) is 34.0 Å². The van der Waals surface area contributed by atoms with Gasteiger partial charge in [0.1, 0.15) is 17.0 Å². The number of benzene rings is 3. The van der Waals surface area contributed by atoms with Gasteiger partial charge in [0, 0.05) is 30.8 Å². The van der Waals surface area contributed by atoms with Gasteiger partial charge < -0.3 is 30.6 Å². The normalized spacial score (nSPS) is 11.5. The lowest BCUT2D eigenvalue weighted by Crippen LogP contribution is -2.24. The second kappa shape index (κ2) is 14.5. The average molecular weight is 641 g/mol. The molecule has 7 nitrogen and oxygen atoms in total. The minimum Gasteiger partial charge on any atom is -0.506 e. The molecule has 3 aromatic carbocycles. The van der Waals surface area contributed by atoms with E-state index < -0.39 is 6.10 Å². The van der Waals surface area contributed by atoms with E-state index in [9.17, 15) is 15.0 Å². The fourth-order valence-electron chi connectivity index (χ4n) is 3.97. The summed E-state index contributed by atoms with van der Waals surface area (Å²) in [5, 5.41) is 27.3. The zero-order valence-corrected chi connectivity index (χ0v) is 24.1. The summed E-state index contributed by atoms with van der Waals surface area (Å²) in [4.78, 5) is 14.0. The average Bonchev–Trinajstić information content (AvgIpc) is 3.25. The Hall–Kier alpha value is -2.21. The van der Waals surface area contributed by atoms with Crippen LogP contribution in [0.2, 0.25) is 0 Å². The Kier molecular flexibility index (Phi) is 12.1. The predicted molar refractivity (Wildman–Crippen MR) is 156 cm³/mol. The van der Waals surface area contributed by atoms with E-state index in [0.29, 0.717) is 28.9 Å². The monoisotopic (exact) mass is 639 g/mol. The summed E-state index contributed by atoms with van der Waals surface area (Å²) >= 11 is 0.994. The Labute approximate surface area is 235 Å². The van der Waals surface area contributed by atoms with E-state index in [1.165, 1.54) is 17.2 Å². The highest BCUT2D eigenvalue weighted by molar-refractivity contribution is 8.93. The number of methoxy groups -OCH3 is 1. The Morgan fingerprint density at radius 3 is 2.58 bits per heavy atom. The van der Waals surface area contributed by atoms with E-state index in [4.69, 9.17) is 4.74 Å². The number of aliphatic hydroxyl groups excluding tert-OH is 1. The van der Waals surface area contributed by atoms with Crippen LogP contribution in [0.15, 0.2) is 65.5 Å². The first-order valence-corrected chi connectivity index (χ1v) is 12.0. The van der Waals surface area contributed by atoms with Crippen molar-refractivity contribution in [2.75, 3.05) is 20.2 Å². The minimum absolute atomic E-state index is 0. The van der Waals surface area contributed by atoms with Gasteiger partial charge >= 0.3 is 4.87 Å². The van der Waals surface area contributed by atoms with Gasteiger partial charge in [-0.05, 0) is 36.2 Å². The van der Waals surface area contributed by atoms with Crippen molar-refractivity contribution in [1.29, 1.82) is 0 Å². The molecule has 0 radical (unpaired) electrons. The van der Waals surface area contributed by atoms with Gasteiger partial charge in [0.05, 0.1) is 17.9 Å². The van der Waals surface area contributed by atoms with Crippen molar-refractivity contribution in [3.63, 3.8) is 0 Å². The third-order valence-electron chi connectivity index (χ3n) is 5.70. The fraction of sp³-hybridized carbons (Fsp3) is 0.269. The summed E-state index contributed by atoms with van der Waals surface area (Å²) in [6.45, 7) is 2.55. The van der Waals surface area contributed by atoms with Crippen LogP contribution in [0.4, 0.5) is 0 Å². The maximum Gasteiger partial charge on any atom is 0.305 e. The molecule has 0 saturated heterocycles. The Bertz CT molecular complexity index is 1310. The molecule has 0 aliphatic heterocycles. The SMILES string of the molecule is Br.Br.COc1ccccc1CNCc1cccc(CCNCC(O)c2ccc(O)c3[nH]c(=O)sc23)c1. The van der Waals surface area contributed by atoms with Crippen LogP contribution in [-0.2, 0) is 19.5 Å². The number of aliphatic hydroxyl groups is 1. The second-order valence-electron chi connectivity index (χ2n) is 8.10. The minimum atomic E-state index is -0.778. The van der Waals surface area contributed by atoms with Gasteiger partial charge in [-0.3, -0.25) is 4.79 Å². The molecule has 4 rings (SSSR count). The molecule has 0 aliphatic carbocycles. The number of para-hydroxylation sites is 1. The topological polar surface area (TPSA) is 107 Å². The number of nitrogens with one attached hydrogen (secondary N) is 3. The zero-order chi connectivity index (χ0) is 23.9. The van der Waals surface area contributed by atoms with Crippen molar-refractivity contribution in [1.82, 2.24) is 15.6 Å². The highest BCUT2D eigenvalue weighted by atomic mass is 79.9. The van der Waals surface area contributed by atoms with Crippen LogP contribution in [0.3, 0.4) is 0 Å². The molecule has 5 N–H and O–H groups in total. The summed E-state index contributed by atoms with van der Waals surface area (Å²) in [5.74, 6) is 0.894. The van der Waals surface area contributed by atoms with Gasteiger partial charge in [0.15, 0.2) is 0 Å². The number of aromatic amines is 1. The molecule has 0 spiro atoms. The van der Waals surface area contributed by atoms with Crippen LogP contribution < -0.4 is 20.2 Å². The molecule has 0 aliphatic rings. The van der Waals surface area contributed by atoms with Crippen molar-refractivity contribution in [2.24, 2.45) is 0 Å². The van der Waals surface area contributed by atoms with Gasteiger partial charge in [-0.2, -0.15) is 0 Å². The van der Waals surface area contributed by atoms with E-state index in [1.54, 1.807) is 13.2 Å². The van der Waals surface area contributed by atoms with E-state index in [0.717, 1.165) is 42.2 Å². The first kappa shape index (κ1) is 30.0. The lowest BCUT2D eigenvalue weighted by atomic mass is 10.1. The molecule has 0 saturated carbocycles. The Morgan fingerprint density at radius 1 is 1.00 bits per heavy atom. The second-order valence-corrected chi connectivity index (χ2v) is 9.08. The van der Waals surface area contributed by atoms with E-state index in [-0.39, 0.29) is 44.6 Å². The summed E-state index contributed by atoms with van der Waals surface area (Å²) in [6.07, 6.45) is 0.0512. The van der Waals surface area contributed by atoms with E-state index in [1.807, 2.05) is 18.2 Å². The smallest absolute Gasteiger partial charge is 0.305 e. The van der Waals surface area contributed by atoms with E-state index in [2.05, 4.69) is 45.9 Å². The zero-order valence-electron chi connectivity index (χ0n) is 19.8. The number of thiazole rings is 1. The van der Waals surface area contributed by atoms with Crippen molar-refractivity contribution >= 4 is 55.5 Å². The number of aromatic hydroxyl groups is 1. The van der Waals surface area contributed by atoms with Gasteiger partial charge in [-0.1, -0.05) is 59.9 Å². The Balaban J connectivity index is 0.00000228.